The summed E-state index contributed by atoms with van der Waals surface area (Å²) in [6.45, 7) is 5.63. The monoisotopic (exact) mass is 193 g/mol. The average molecular weight is 193 g/mol. The number of rotatable bonds is 1. The number of nitrogens with zero attached hydrogens (tertiary/aromatic N) is 1. The molecular weight excluding hydrogens is 178 g/mol. The summed E-state index contributed by atoms with van der Waals surface area (Å²) in [5, 5.41) is 2.18. The second-order valence-electron chi connectivity index (χ2n) is 3.71. The third kappa shape index (κ3) is 1.78. The van der Waals surface area contributed by atoms with Gasteiger partial charge in [-0.2, -0.15) is 0 Å². The normalized spacial score (nSPS) is 16.1. The molecule has 0 unspecified atom stereocenters. The van der Waals surface area contributed by atoms with E-state index in [1.807, 2.05) is 11.3 Å². The summed E-state index contributed by atoms with van der Waals surface area (Å²) in [5.41, 5.74) is 1.50. The molecule has 0 saturated heterocycles. The van der Waals surface area contributed by atoms with Gasteiger partial charge in [0.25, 0.3) is 0 Å². The molecule has 70 valence electrons. The smallest absolute Gasteiger partial charge is 0.0317 e. The van der Waals surface area contributed by atoms with Gasteiger partial charge in [0.1, 0.15) is 0 Å². The largest absolute Gasteiger partial charge is 0.375 e. The van der Waals surface area contributed by atoms with E-state index in [0.717, 1.165) is 6.54 Å². The maximum atomic E-state index is 2.40. The zero-order valence-corrected chi connectivity index (χ0v) is 8.97. The van der Waals surface area contributed by atoms with E-state index in [1.165, 1.54) is 16.9 Å². The minimum Gasteiger partial charge on any atom is -0.375 e. The maximum absolute atomic E-state index is 2.40. The molecule has 0 aliphatic carbocycles. The van der Waals surface area contributed by atoms with Crippen molar-refractivity contribution in [3.8, 4) is 0 Å². The average Bonchev–Trinajstić information content (AvgIpc) is 2.44. The quantitative estimate of drug-likeness (QED) is 0.662. The first kappa shape index (κ1) is 8.82. The van der Waals surface area contributed by atoms with Gasteiger partial charge in [0, 0.05) is 23.7 Å². The molecule has 0 atom stereocenters. The van der Waals surface area contributed by atoms with Crippen molar-refractivity contribution in [3.05, 3.63) is 28.1 Å². The van der Waals surface area contributed by atoms with Crippen molar-refractivity contribution in [2.75, 3.05) is 6.54 Å². The van der Waals surface area contributed by atoms with Gasteiger partial charge in [-0.05, 0) is 43.4 Å². The van der Waals surface area contributed by atoms with Crippen LogP contribution in [0.15, 0.2) is 17.6 Å². The van der Waals surface area contributed by atoms with Crippen LogP contribution in [0.4, 0.5) is 0 Å². The lowest BCUT2D eigenvalue weighted by molar-refractivity contribution is 0.318. The van der Waals surface area contributed by atoms with E-state index in [2.05, 4.69) is 42.5 Å². The summed E-state index contributed by atoms with van der Waals surface area (Å²) in [6, 6.07) is 2.86. The Kier molecular flexibility index (Phi) is 2.40. The Morgan fingerprint density at radius 3 is 3.08 bits per heavy atom. The molecule has 13 heavy (non-hydrogen) atoms. The number of hydrogen-bond acceptors (Lipinski definition) is 2. The van der Waals surface area contributed by atoms with Crippen molar-refractivity contribution in [2.24, 2.45) is 0 Å². The Labute approximate surface area is 83.7 Å². The van der Waals surface area contributed by atoms with E-state index in [0.29, 0.717) is 6.04 Å². The van der Waals surface area contributed by atoms with Crippen molar-refractivity contribution in [1.82, 2.24) is 4.90 Å². The van der Waals surface area contributed by atoms with Crippen molar-refractivity contribution in [3.63, 3.8) is 0 Å². The summed E-state index contributed by atoms with van der Waals surface area (Å²) in [7, 11) is 0. The van der Waals surface area contributed by atoms with E-state index in [-0.39, 0.29) is 0 Å². The highest BCUT2D eigenvalue weighted by molar-refractivity contribution is 7.11. The van der Waals surface area contributed by atoms with E-state index in [1.54, 1.807) is 0 Å². The second kappa shape index (κ2) is 3.54. The van der Waals surface area contributed by atoms with E-state index < -0.39 is 0 Å². The molecule has 0 amide bonds. The van der Waals surface area contributed by atoms with E-state index in [4.69, 9.17) is 0 Å². The Morgan fingerprint density at radius 1 is 1.46 bits per heavy atom. The van der Waals surface area contributed by atoms with E-state index >= 15 is 0 Å². The van der Waals surface area contributed by atoms with Gasteiger partial charge in [-0.25, -0.2) is 0 Å². The van der Waals surface area contributed by atoms with Crippen LogP contribution in [0, 0.1) is 0 Å². The SMILES string of the molecule is CC(C)N1C=Cc2sccc2CC1. The zero-order chi connectivity index (χ0) is 9.26. The van der Waals surface area contributed by atoms with Crippen LogP contribution in [0.25, 0.3) is 6.08 Å². The van der Waals surface area contributed by atoms with Crippen molar-refractivity contribution in [2.45, 2.75) is 26.3 Å². The van der Waals surface area contributed by atoms with Gasteiger partial charge in [0.15, 0.2) is 0 Å². The van der Waals surface area contributed by atoms with Gasteiger partial charge < -0.3 is 4.90 Å². The summed E-state index contributed by atoms with van der Waals surface area (Å²) < 4.78 is 0. The van der Waals surface area contributed by atoms with Crippen LogP contribution in [-0.2, 0) is 6.42 Å². The van der Waals surface area contributed by atoms with Gasteiger partial charge in [0.2, 0.25) is 0 Å². The topological polar surface area (TPSA) is 3.24 Å². The first-order valence-corrected chi connectivity index (χ1v) is 5.65. The molecule has 2 heterocycles. The Balaban J connectivity index is 2.20. The van der Waals surface area contributed by atoms with E-state index in [9.17, 15) is 0 Å². The first-order chi connectivity index (χ1) is 6.27. The van der Waals surface area contributed by atoms with Crippen LogP contribution in [0.2, 0.25) is 0 Å². The molecule has 1 aliphatic rings. The van der Waals surface area contributed by atoms with Crippen molar-refractivity contribution >= 4 is 17.4 Å². The van der Waals surface area contributed by atoms with Gasteiger partial charge in [0.05, 0.1) is 0 Å². The van der Waals surface area contributed by atoms with Crippen molar-refractivity contribution in [1.29, 1.82) is 0 Å². The molecule has 1 aromatic heterocycles. The van der Waals surface area contributed by atoms with Crippen LogP contribution < -0.4 is 0 Å². The molecule has 1 aliphatic heterocycles. The molecule has 0 bridgehead atoms. The number of hydrogen-bond donors (Lipinski definition) is 0. The lowest BCUT2D eigenvalue weighted by Crippen LogP contribution is -2.26. The highest BCUT2D eigenvalue weighted by Gasteiger charge is 2.10. The molecule has 0 N–H and O–H groups in total. The predicted molar refractivity (Wildman–Crippen MR) is 58.9 cm³/mol. The van der Waals surface area contributed by atoms with Crippen LogP contribution in [0.3, 0.4) is 0 Å². The van der Waals surface area contributed by atoms with Crippen LogP contribution in [0.1, 0.15) is 24.3 Å². The van der Waals surface area contributed by atoms with Gasteiger partial charge in [-0.15, -0.1) is 11.3 Å². The summed E-state index contributed by atoms with van der Waals surface area (Å²) in [5.74, 6) is 0. The molecule has 0 aromatic carbocycles. The molecule has 1 aromatic rings. The van der Waals surface area contributed by atoms with Crippen LogP contribution in [0.5, 0.6) is 0 Å². The fourth-order valence-electron chi connectivity index (χ4n) is 1.62. The first-order valence-electron chi connectivity index (χ1n) is 4.77. The summed E-state index contributed by atoms with van der Waals surface area (Å²) in [4.78, 5) is 3.83. The van der Waals surface area contributed by atoms with Gasteiger partial charge in [-0.3, -0.25) is 0 Å². The fraction of sp³-hybridized carbons (Fsp3) is 0.455. The third-order valence-corrected chi connectivity index (χ3v) is 3.43. The molecule has 2 heteroatoms. The maximum Gasteiger partial charge on any atom is 0.0317 e. The number of thiophene rings is 1. The lowest BCUT2D eigenvalue weighted by Gasteiger charge is -2.23. The zero-order valence-electron chi connectivity index (χ0n) is 8.16. The molecular formula is C11H15NS. The molecule has 0 spiro atoms. The highest BCUT2D eigenvalue weighted by Crippen LogP contribution is 2.22. The van der Waals surface area contributed by atoms with Crippen molar-refractivity contribution < 1.29 is 0 Å². The predicted octanol–water partition coefficient (Wildman–Crippen LogP) is 2.99. The third-order valence-electron chi connectivity index (χ3n) is 2.50. The Hall–Kier alpha value is -0.760. The summed E-state index contributed by atoms with van der Waals surface area (Å²) >= 11 is 1.84. The molecule has 1 nitrogen and oxygen atoms in total. The summed E-state index contributed by atoms with van der Waals surface area (Å²) in [6.07, 6.45) is 5.66. The lowest BCUT2D eigenvalue weighted by atomic mass is 10.2. The fourth-order valence-corrected chi connectivity index (χ4v) is 2.46. The molecule has 2 rings (SSSR count). The Bertz CT molecular complexity index is 312. The highest BCUT2D eigenvalue weighted by atomic mass is 32.1. The number of fused-ring (bicyclic) bond motifs is 1. The minimum atomic E-state index is 0.616. The minimum absolute atomic E-state index is 0.616. The standard InChI is InChI=1S/C11H15NS/c1-9(2)12-6-3-10-5-8-13-11(10)4-7-12/h4-5,7-9H,3,6H2,1-2H3. The molecule has 0 saturated carbocycles. The van der Waals surface area contributed by atoms with Crippen LogP contribution in [-0.4, -0.2) is 17.5 Å². The Morgan fingerprint density at radius 2 is 2.31 bits per heavy atom. The molecule has 0 radical (unpaired) electrons. The van der Waals surface area contributed by atoms with Gasteiger partial charge >= 0.3 is 0 Å². The molecule has 0 fully saturated rings. The second-order valence-corrected chi connectivity index (χ2v) is 4.66. The van der Waals surface area contributed by atoms with Crippen LogP contribution >= 0.6 is 11.3 Å². The van der Waals surface area contributed by atoms with Gasteiger partial charge in [-0.1, -0.05) is 0 Å².